The summed E-state index contributed by atoms with van der Waals surface area (Å²) in [4.78, 5) is 23.1. The number of amides is 2. The summed E-state index contributed by atoms with van der Waals surface area (Å²) < 4.78 is 0. The Balaban J connectivity index is 2.54. The number of benzene rings is 1. The standard InChI is InChI=1S/C13H15NO3/c1-4-13(2,3)8-5-6-9-10(7-8)12(16)14(17)11(9)15/h5-7,17H,4H2,1-3H3. The average Bonchev–Trinajstić information content (AvgIpc) is 2.54. The van der Waals surface area contributed by atoms with Crippen molar-refractivity contribution in [2.75, 3.05) is 0 Å². The fraction of sp³-hybridized carbons (Fsp3) is 0.385. The molecule has 1 heterocycles. The van der Waals surface area contributed by atoms with E-state index in [1.54, 1.807) is 12.1 Å². The molecule has 0 saturated carbocycles. The minimum absolute atomic E-state index is 0.0543. The van der Waals surface area contributed by atoms with Gasteiger partial charge in [0, 0.05) is 0 Å². The molecule has 0 spiro atoms. The van der Waals surface area contributed by atoms with E-state index in [4.69, 9.17) is 0 Å². The summed E-state index contributed by atoms with van der Waals surface area (Å²) >= 11 is 0. The number of nitrogens with zero attached hydrogens (tertiary/aromatic N) is 1. The van der Waals surface area contributed by atoms with Crippen molar-refractivity contribution in [3.8, 4) is 0 Å². The van der Waals surface area contributed by atoms with Crippen LogP contribution in [0.2, 0.25) is 0 Å². The van der Waals surface area contributed by atoms with Crippen molar-refractivity contribution >= 4 is 11.8 Å². The van der Waals surface area contributed by atoms with Crippen LogP contribution in [0.3, 0.4) is 0 Å². The molecule has 4 heteroatoms. The molecule has 17 heavy (non-hydrogen) atoms. The second-order valence-corrected chi connectivity index (χ2v) is 4.92. The predicted octanol–water partition coefficient (Wildman–Crippen LogP) is 2.36. The molecule has 0 atom stereocenters. The van der Waals surface area contributed by atoms with Crippen LogP contribution in [0.15, 0.2) is 18.2 Å². The topological polar surface area (TPSA) is 57.6 Å². The Morgan fingerprint density at radius 3 is 2.35 bits per heavy atom. The second-order valence-electron chi connectivity index (χ2n) is 4.92. The number of hydroxylamine groups is 2. The summed E-state index contributed by atoms with van der Waals surface area (Å²) in [6.07, 6.45) is 0.927. The van der Waals surface area contributed by atoms with Gasteiger partial charge in [0.15, 0.2) is 0 Å². The van der Waals surface area contributed by atoms with E-state index in [0.29, 0.717) is 0 Å². The Kier molecular flexibility index (Phi) is 2.54. The van der Waals surface area contributed by atoms with Gasteiger partial charge in [-0.2, -0.15) is 0 Å². The van der Waals surface area contributed by atoms with Crippen LogP contribution in [-0.4, -0.2) is 22.1 Å². The molecule has 4 nitrogen and oxygen atoms in total. The van der Waals surface area contributed by atoms with E-state index in [1.165, 1.54) is 0 Å². The number of carbonyl (C=O) groups is 2. The molecule has 0 fully saturated rings. The highest BCUT2D eigenvalue weighted by atomic mass is 16.5. The van der Waals surface area contributed by atoms with Crippen molar-refractivity contribution in [2.24, 2.45) is 0 Å². The first-order valence-electron chi connectivity index (χ1n) is 5.60. The van der Waals surface area contributed by atoms with Crippen LogP contribution in [0.1, 0.15) is 53.5 Å². The van der Waals surface area contributed by atoms with Crippen molar-refractivity contribution < 1.29 is 14.8 Å². The smallest absolute Gasteiger partial charge is 0.278 e. The molecule has 0 radical (unpaired) electrons. The quantitative estimate of drug-likeness (QED) is 0.630. The van der Waals surface area contributed by atoms with Gasteiger partial charge in [0.25, 0.3) is 11.8 Å². The first-order valence-corrected chi connectivity index (χ1v) is 5.60. The first kappa shape index (κ1) is 11.8. The zero-order valence-electron chi connectivity index (χ0n) is 10.2. The number of carbonyl (C=O) groups excluding carboxylic acids is 2. The lowest BCUT2D eigenvalue weighted by molar-refractivity contribution is -0.0327. The van der Waals surface area contributed by atoms with E-state index in [9.17, 15) is 14.8 Å². The normalized spacial score (nSPS) is 15.4. The third kappa shape index (κ3) is 1.65. The van der Waals surface area contributed by atoms with Crippen molar-refractivity contribution in [2.45, 2.75) is 32.6 Å². The van der Waals surface area contributed by atoms with Crippen molar-refractivity contribution in [1.82, 2.24) is 5.06 Å². The summed E-state index contributed by atoms with van der Waals surface area (Å²) in [6, 6.07) is 5.15. The Morgan fingerprint density at radius 2 is 1.76 bits per heavy atom. The summed E-state index contributed by atoms with van der Waals surface area (Å²) in [6.45, 7) is 6.22. The third-order valence-corrected chi connectivity index (χ3v) is 3.53. The monoisotopic (exact) mass is 233 g/mol. The summed E-state index contributed by atoms with van der Waals surface area (Å²) in [5, 5.41) is 9.45. The predicted molar refractivity (Wildman–Crippen MR) is 62.0 cm³/mol. The van der Waals surface area contributed by atoms with Crippen LogP contribution in [0, 0.1) is 0 Å². The summed E-state index contributed by atoms with van der Waals surface area (Å²) in [5.41, 5.74) is 1.50. The Hall–Kier alpha value is -1.68. The fourth-order valence-corrected chi connectivity index (χ4v) is 1.85. The highest BCUT2D eigenvalue weighted by Gasteiger charge is 2.35. The number of hydrogen-bond donors (Lipinski definition) is 1. The van der Waals surface area contributed by atoms with E-state index in [0.717, 1.165) is 12.0 Å². The number of imide groups is 1. The minimum Gasteiger partial charge on any atom is -0.278 e. The number of fused-ring (bicyclic) bond motifs is 1. The molecule has 2 amide bonds. The Labute approximate surface area is 99.8 Å². The van der Waals surface area contributed by atoms with Crippen LogP contribution in [0.25, 0.3) is 0 Å². The molecule has 0 aromatic heterocycles. The van der Waals surface area contributed by atoms with Gasteiger partial charge in [-0.05, 0) is 29.5 Å². The minimum atomic E-state index is -0.647. The molecule has 0 unspecified atom stereocenters. The molecule has 0 saturated heterocycles. The molecule has 1 aliphatic rings. The highest BCUT2D eigenvalue weighted by Crippen LogP contribution is 2.31. The molecule has 0 aliphatic carbocycles. The molecular weight excluding hydrogens is 218 g/mol. The Morgan fingerprint density at radius 1 is 1.18 bits per heavy atom. The molecular formula is C13H15NO3. The molecule has 1 aromatic carbocycles. The van der Waals surface area contributed by atoms with Gasteiger partial charge in [0.1, 0.15) is 0 Å². The van der Waals surface area contributed by atoms with E-state index >= 15 is 0 Å². The van der Waals surface area contributed by atoms with E-state index in [-0.39, 0.29) is 21.6 Å². The van der Waals surface area contributed by atoms with Crippen LogP contribution >= 0.6 is 0 Å². The molecule has 0 bridgehead atoms. The zero-order valence-corrected chi connectivity index (χ0v) is 10.2. The largest absolute Gasteiger partial charge is 0.285 e. The lowest BCUT2D eigenvalue weighted by Crippen LogP contribution is -2.25. The van der Waals surface area contributed by atoms with Gasteiger partial charge in [-0.3, -0.25) is 14.8 Å². The number of hydrogen-bond acceptors (Lipinski definition) is 3. The lowest BCUT2D eigenvalue weighted by Gasteiger charge is -2.23. The maximum Gasteiger partial charge on any atom is 0.285 e. The van der Waals surface area contributed by atoms with Gasteiger partial charge in [-0.15, -0.1) is 5.06 Å². The molecule has 90 valence electrons. The highest BCUT2D eigenvalue weighted by molar-refractivity contribution is 6.20. The van der Waals surface area contributed by atoms with Gasteiger partial charge < -0.3 is 0 Å². The molecule has 1 N–H and O–H groups in total. The van der Waals surface area contributed by atoms with Crippen LogP contribution in [-0.2, 0) is 5.41 Å². The maximum atomic E-state index is 11.6. The summed E-state index contributed by atoms with van der Waals surface area (Å²) in [5.74, 6) is -1.29. The maximum absolute atomic E-state index is 11.6. The molecule has 2 rings (SSSR count). The van der Waals surface area contributed by atoms with Gasteiger partial charge in [-0.25, -0.2) is 0 Å². The zero-order chi connectivity index (χ0) is 12.8. The van der Waals surface area contributed by atoms with Gasteiger partial charge in [-0.1, -0.05) is 26.8 Å². The third-order valence-electron chi connectivity index (χ3n) is 3.53. The van der Waals surface area contributed by atoms with Crippen molar-refractivity contribution in [3.05, 3.63) is 34.9 Å². The molecule has 1 aromatic rings. The van der Waals surface area contributed by atoms with E-state index in [2.05, 4.69) is 20.8 Å². The van der Waals surface area contributed by atoms with Gasteiger partial charge in [0.05, 0.1) is 11.1 Å². The SMILES string of the molecule is CCC(C)(C)c1ccc2c(c1)C(=O)N(O)C2=O. The van der Waals surface area contributed by atoms with Crippen LogP contribution in [0.4, 0.5) is 0 Å². The molecule has 1 aliphatic heterocycles. The van der Waals surface area contributed by atoms with Crippen LogP contribution in [0.5, 0.6) is 0 Å². The average molecular weight is 233 g/mol. The lowest BCUT2D eigenvalue weighted by atomic mass is 9.81. The van der Waals surface area contributed by atoms with Gasteiger partial charge in [0.2, 0.25) is 0 Å². The second kappa shape index (κ2) is 3.67. The van der Waals surface area contributed by atoms with E-state index < -0.39 is 11.8 Å². The van der Waals surface area contributed by atoms with Crippen LogP contribution < -0.4 is 0 Å². The Bertz CT molecular complexity index is 505. The first-order chi connectivity index (χ1) is 7.88. The fourth-order valence-electron chi connectivity index (χ4n) is 1.85. The van der Waals surface area contributed by atoms with Gasteiger partial charge >= 0.3 is 0 Å². The van der Waals surface area contributed by atoms with Crippen molar-refractivity contribution in [1.29, 1.82) is 0 Å². The summed E-state index contributed by atoms with van der Waals surface area (Å²) in [7, 11) is 0. The number of rotatable bonds is 2. The van der Waals surface area contributed by atoms with Crippen molar-refractivity contribution in [3.63, 3.8) is 0 Å². The van der Waals surface area contributed by atoms with E-state index in [1.807, 2.05) is 6.07 Å².